The van der Waals surface area contributed by atoms with Gasteiger partial charge < -0.3 is 0 Å². The number of nitrogens with one attached hydrogen (secondary N) is 2. The fourth-order valence-electron chi connectivity index (χ4n) is 1.30. The molecule has 0 saturated carbocycles. The Balaban J connectivity index is 2.48. The minimum atomic E-state index is -4.49. The minimum Gasteiger partial charge on any atom is -0.284 e. The summed E-state index contributed by atoms with van der Waals surface area (Å²) in [5.74, 6) is -4.22. The second-order valence-corrected chi connectivity index (χ2v) is 4.91. The van der Waals surface area contributed by atoms with Gasteiger partial charge in [-0.3, -0.25) is 9.82 Å². The van der Waals surface area contributed by atoms with E-state index in [4.69, 9.17) is 0 Å². The molecule has 2 aromatic rings. The quantitative estimate of drug-likeness (QED) is 0.895. The first kappa shape index (κ1) is 12.4. The van der Waals surface area contributed by atoms with E-state index in [2.05, 4.69) is 10.2 Å². The summed E-state index contributed by atoms with van der Waals surface area (Å²) in [6.07, 6.45) is 2.29. The van der Waals surface area contributed by atoms with Crippen LogP contribution in [0.25, 0.3) is 0 Å². The molecule has 96 valence electrons. The van der Waals surface area contributed by atoms with E-state index in [1.807, 2.05) is 4.72 Å². The van der Waals surface area contributed by atoms with Gasteiger partial charge in [-0.15, -0.1) is 0 Å². The highest BCUT2D eigenvalue weighted by atomic mass is 32.2. The zero-order valence-electron chi connectivity index (χ0n) is 8.62. The summed E-state index contributed by atoms with van der Waals surface area (Å²) in [6, 6.07) is 0.569. The molecule has 1 heterocycles. The van der Waals surface area contributed by atoms with Crippen LogP contribution in [0.4, 0.5) is 18.9 Å². The average Bonchev–Trinajstić information content (AvgIpc) is 2.66. The van der Waals surface area contributed by atoms with Crippen molar-refractivity contribution in [1.82, 2.24) is 10.2 Å². The second-order valence-electron chi connectivity index (χ2n) is 3.29. The topological polar surface area (TPSA) is 74.8 Å². The number of sulfonamides is 1. The van der Waals surface area contributed by atoms with E-state index in [0.29, 0.717) is 0 Å². The van der Waals surface area contributed by atoms with Crippen LogP contribution in [0, 0.1) is 17.5 Å². The van der Waals surface area contributed by atoms with Gasteiger partial charge in [0.2, 0.25) is 0 Å². The fourth-order valence-corrected chi connectivity index (χ4v) is 2.45. The van der Waals surface area contributed by atoms with Crippen molar-refractivity contribution in [2.45, 2.75) is 4.90 Å². The maximum Gasteiger partial charge on any atom is 0.267 e. The van der Waals surface area contributed by atoms with E-state index < -0.39 is 32.4 Å². The lowest BCUT2D eigenvalue weighted by Crippen LogP contribution is -2.16. The molecule has 2 rings (SSSR count). The van der Waals surface area contributed by atoms with Gasteiger partial charge in [-0.05, 0) is 0 Å². The smallest absolute Gasteiger partial charge is 0.267 e. The number of hydrogen-bond acceptors (Lipinski definition) is 3. The van der Waals surface area contributed by atoms with E-state index in [1.54, 1.807) is 0 Å². The summed E-state index contributed by atoms with van der Waals surface area (Å²) in [5.41, 5.74) is -0.00174. The van der Waals surface area contributed by atoms with Gasteiger partial charge in [0, 0.05) is 18.3 Å². The molecule has 5 nitrogen and oxygen atoms in total. The molecule has 18 heavy (non-hydrogen) atoms. The van der Waals surface area contributed by atoms with Crippen molar-refractivity contribution in [3.05, 3.63) is 42.0 Å². The molecule has 9 heteroatoms. The summed E-state index contributed by atoms with van der Waals surface area (Å²) in [5, 5.41) is 5.78. The molecule has 0 aliphatic heterocycles. The van der Waals surface area contributed by atoms with E-state index in [1.165, 1.54) is 6.20 Å². The third-order valence-electron chi connectivity index (χ3n) is 1.98. The largest absolute Gasteiger partial charge is 0.284 e. The molecule has 0 bridgehead atoms. The molecule has 0 unspecified atom stereocenters. The molecule has 0 saturated heterocycles. The number of rotatable bonds is 3. The van der Waals surface area contributed by atoms with Crippen molar-refractivity contribution in [3.63, 3.8) is 0 Å². The number of hydrogen-bond donors (Lipinski definition) is 2. The molecular weight excluding hydrogens is 271 g/mol. The molecule has 0 fully saturated rings. The lowest BCUT2D eigenvalue weighted by Gasteiger charge is -2.07. The summed E-state index contributed by atoms with van der Waals surface area (Å²) in [7, 11) is -4.49. The maximum absolute atomic E-state index is 13.3. The van der Waals surface area contributed by atoms with E-state index >= 15 is 0 Å². The number of benzene rings is 1. The highest BCUT2D eigenvalue weighted by molar-refractivity contribution is 7.92. The summed E-state index contributed by atoms with van der Waals surface area (Å²) in [6.45, 7) is 0. The number of nitrogens with zero attached hydrogens (tertiary/aromatic N) is 1. The molecule has 0 spiro atoms. The molecule has 1 aromatic carbocycles. The lowest BCUT2D eigenvalue weighted by molar-refractivity contribution is 0.498. The predicted octanol–water partition coefficient (Wildman–Crippen LogP) is 1.63. The van der Waals surface area contributed by atoms with Crippen LogP contribution in [0.15, 0.2) is 29.4 Å². The SMILES string of the molecule is O=S(=O)(Nc1cn[nH]c1)c1c(F)cc(F)cc1F. The Bertz CT molecular complexity index is 647. The first-order chi connectivity index (χ1) is 8.40. The first-order valence-corrected chi connectivity index (χ1v) is 6.04. The zero-order valence-corrected chi connectivity index (χ0v) is 9.43. The van der Waals surface area contributed by atoms with Crippen molar-refractivity contribution in [1.29, 1.82) is 0 Å². The van der Waals surface area contributed by atoms with E-state index in [-0.39, 0.29) is 17.8 Å². The highest BCUT2D eigenvalue weighted by Gasteiger charge is 2.25. The molecule has 1 aromatic heterocycles. The highest BCUT2D eigenvalue weighted by Crippen LogP contribution is 2.22. The molecule has 0 atom stereocenters. The van der Waals surface area contributed by atoms with Crippen molar-refractivity contribution in [3.8, 4) is 0 Å². The van der Waals surface area contributed by atoms with Crippen LogP contribution < -0.4 is 4.72 Å². The Kier molecular flexibility index (Phi) is 2.99. The monoisotopic (exact) mass is 277 g/mol. The van der Waals surface area contributed by atoms with Gasteiger partial charge in [0.15, 0.2) is 4.90 Å². The third-order valence-corrected chi connectivity index (χ3v) is 3.41. The number of H-pyrrole nitrogens is 1. The van der Waals surface area contributed by atoms with Crippen molar-refractivity contribution >= 4 is 15.7 Å². The summed E-state index contributed by atoms with van der Waals surface area (Å²) >= 11 is 0. The van der Waals surface area contributed by atoms with Crippen molar-refractivity contribution in [2.24, 2.45) is 0 Å². The van der Waals surface area contributed by atoms with Crippen LogP contribution in [0.5, 0.6) is 0 Å². The van der Waals surface area contributed by atoms with E-state index in [0.717, 1.165) is 6.20 Å². The Labute approximate surface area is 99.7 Å². The van der Waals surface area contributed by atoms with Crippen molar-refractivity contribution < 1.29 is 21.6 Å². The zero-order chi connectivity index (χ0) is 13.3. The predicted molar refractivity (Wildman–Crippen MR) is 55.7 cm³/mol. The van der Waals surface area contributed by atoms with Gasteiger partial charge in [0.1, 0.15) is 17.5 Å². The molecule has 0 radical (unpaired) electrons. The third kappa shape index (κ3) is 2.30. The van der Waals surface area contributed by atoms with Gasteiger partial charge in [0.05, 0.1) is 11.9 Å². The second kappa shape index (κ2) is 4.33. The van der Waals surface area contributed by atoms with Gasteiger partial charge in [-0.2, -0.15) is 5.10 Å². The number of aromatic nitrogens is 2. The Morgan fingerprint density at radius 2 is 1.78 bits per heavy atom. The summed E-state index contributed by atoms with van der Waals surface area (Å²) < 4.78 is 64.6. The minimum absolute atomic E-state index is 0.00174. The van der Waals surface area contributed by atoms with Gasteiger partial charge in [0.25, 0.3) is 10.0 Å². The van der Waals surface area contributed by atoms with Crippen LogP contribution in [0.3, 0.4) is 0 Å². The Morgan fingerprint density at radius 3 is 2.28 bits per heavy atom. The van der Waals surface area contributed by atoms with Crippen LogP contribution in [0.1, 0.15) is 0 Å². The number of anilines is 1. The Morgan fingerprint density at radius 1 is 1.17 bits per heavy atom. The average molecular weight is 277 g/mol. The van der Waals surface area contributed by atoms with E-state index in [9.17, 15) is 21.6 Å². The van der Waals surface area contributed by atoms with Gasteiger partial charge in [-0.25, -0.2) is 21.6 Å². The van der Waals surface area contributed by atoms with Crippen LogP contribution in [0.2, 0.25) is 0 Å². The summed E-state index contributed by atoms with van der Waals surface area (Å²) in [4.78, 5) is -1.25. The molecular formula is C9H6F3N3O2S. The first-order valence-electron chi connectivity index (χ1n) is 4.56. The number of halogens is 3. The Hall–Kier alpha value is -2.03. The molecule has 0 aliphatic rings. The molecule has 0 aliphatic carbocycles. The fraction of sp³-hybridized carbons (Fsp3) is 0. The normalized spacial score (nSPS) is 11.5. The van der Waals surface area contributed by atoms with Gasteiger partial charge >= 0.3 is 0 Å². The standard InChI is InChI=1S/C9H6F3N3O2S/c10-5-1-7(11)9(8(12)2-5)18(16,17)15-6-3-13-14-4-6/h1-4,15H,(H,13,14). The maximum atomic E-state index is 13.3. The van der Waals surface area contributed by atoms with Crippen molar-refractivity contribution in [2.75, 3.05) is 4.72 Å². The molecule has 0 amide bonds. The van der Waals surface area contributed by atoms with Crippen LogP contribution in [-0.2, 0) is 10.0 Å². The van der Waals surface area contributed by atoms with Crippen LogP contribution >= 0.6 is 0 Å². The molecule has 2 N–H and O–H groups in total. The lowest BCUT2D eigenvalue weighted by atomic mass is 10.3. The van der Waals surface area contributed by atoms with Gasteiger partial charge in [-0.1, -0.05) is 0 Å². The number of aromatic amines is 1. The van der Waals surface area contributed by atoms with Crippen LogP contribution in [-0.4, -0.2) is 18.6 Å².